The molecule has 2 heteroatoms. The molecule has 18 heavy (non-hydrogen) atoms. The van der Waals surface area contributed by atoms with Crippen LogP contribution in [-0.2, 0) is 6.42 Å². The van der Waals surface area contributed by atoms with E-state index in [4.69, 9.17) is 0 Å². The van der Waals surface area contributed by atoms with Crippen molar-refractivity contribution in [1.82, 2.24) is 5.32 Å². The molecule has 0 aliphatic heterocycles. The minimum absolute atomic E-state index is 0.277. The van der Waals surface area contributed by atoms with Gasteiger partial charge in [0.15, 0.2) is 0 Å². The topological polar surface area (TPSA) is 32.3 Å². The number of aliphatic hydroxyl groups is 1. The third-order valence-corrected chi connectivity index (χ3v) is 3.47. The van der Waals surface area contributed by atoms with Gasteiger partial charge in [0.2, 0.25) is 0 Å². The van der Waals surface area contributed by atoms with Crippen LogP contribution in [0, 0.1) is 0 Å². The van der Waals surface area contributed by atoms with E-state index in [1.54, 1.807) is 0 Å². The van der Waals surface area contributed by atoms with Crippen LogP contribution in [0.15, 0.2) is 24.3 Å². The maximum Gasteiger partial charge on any atom is 0.0743 e. The zero-order valence-electron chi connectivity index (χ0n) is 12.2. The monoisotopic (exact) mass is 249 g/mol. The lowest BCUT2D eigenvalue weighted by atomic mass is 9.99. The molecule has 2 atom stereocenters. The second kappa shape index (κ2) is 6.91. The standard InChI is InChI=1S/C16H27NO/c1-5-11-16(4,18)12-17-13(3)15-9-7-14(6-2)8-10-15/h7-10,13,17-18H,5-6,11-12H2,1-4H3. The summed E-state index contributed by atoms with van der Waals surface area (Å²) in [6.07, 6.45) is 2.92. The normalized spacial score (nSPS) is 16.3. The maximum atomic E-state index is 10.1. The summed E-state index contributed by atoms with van der Waals surface area (Å²) in [7, 11) is 0. The van der Waals surface area contributed by atoms with Gasteiger partial charge >= 0.3 is 0 Å². The van der Waals surface area contributed by atoms with Gasteiger partial charge in [-0.05, 0) is 37.8 Å². The van der Waals surface area contributed by atoms with E-state index in [1.165, 1.54) is 11.1 Å². The molecule has 1 aromatic carbocycles. The number of hydrogen-bond acceptors (Lipinski definition) is 2. The highest BCUT2D eigenvalue weighted by molar-refractivity contribution is 5.24. The fraction of sp³-hybridized carbons (Fsp3) is 0.625. The molecule has 0 aromatic heterocycles. The number of aryl methyl sites for hydroxylation is 1. The highest BCUT2D eigenvalue weighted by Gasteiger charge is 2.19. The first kappa shape index (κ1) is 15.2. The van der Waals surface area contributed by atoms with Crippen molar-refractivity contribution in [2.24, 2.45) is 0 Å². The van der Waals surface area contributed by atoms with Crippen LogP contribution in [0.3, 0.4) is 0 Å². The van der Waals surface area contributed by atoms with E-state index in [0.717, 1.165) is 19.3 Å². The second-order valence-corrected chi connectivity index (χ2v) is 5.44. The molecule has 0 aliphatic rings. The van der Waals surface area contributed by atoms with Gasteiger partial charge in [0.1, 0.15) is 0 Å². The van der Waals surface area contributed by atoms with Crippen molar-refractivity contribution in [3.63, 3.8) is 0 Å². The molecular formula is C16H27NO. The summed E-state index contributed by atoms with van der Waals surface area (Å²) in [5.74, 6) is 0. The van der Waals surface area contributed by atoms with Crippen molar-refractivity contribution in [1.29, 1.82) is 0 Å². The Labute approximate surface area is 111 Å². The average Bonchev–Trinajstić information content (AvgIpc) is 2.36. The Morgan fingerprint density at radius 1 is 1.22 bits per heavy atom. The lowest BCUT2D eigenvalue weighted by Gasteiger charge is -2.25. The molecule has 0 heterocycles. The van der Waals surface area contributed by atoms with Gasteiger partial charge in [0, 0.05) is 12.6 Å². The summed E-state index contributed by atoms with van der Waals surface area (Å²) in [5, 5.41) is 13.5. The fourth-order valence-corrected chi connectivity index (χ4v) is 2.16. The Bertz CT molecular complexity index is 343. The van der Waals surface area contributed by atoms with Crippen molar-refractivity contribution in [3.05, 3.63) is 35.4 Å². The molecule has 0 aliphatic carbocycles. The third-order valence-electron chi connectivity index (χ3n) is 3.47. The lowest BCUT2D eigenvalue weighted by molar-refractivity contribution is 0.0477. The van der Waals surface area contributed by atoms with E-state index in [-0.39, 0.29) is 6.04 Å². The van der Waals surface area contributed by atoms with E-state index >= 15 is 0 Å². The summed E-state index contributed by atoms with van der Waals surface area (Å²) < 4.78 is 0. The van der Waals surface area contributed by atoms with Crippen LogP contribution < -0.4 is 5.32 Å². The Kier molecular flexibility index (Phi) is 5.83. The van der Waals surface area contributed by atoms with Crippen LogP contribution >= 0.6 is 0 Å². The summed E-state index contributed by atoms with van der Waals surface area (Å²) in [4.78, 5) is 0. The smallest absolute Gasteiger partial charge is 0.0743 e. The van der Waals surface area contributed by atoms with E-state index < -0.39 is 5.60 Å². The predicted octanol–water partition coefficient (Wildman–Crippen LogP) is 3.45. The van der Waals surface area contributed by atoms with Gasteiger partial charge in [-0.2, -0.15) is 0 Å². The van der Waals surface area contributed by atoms with Crippen LogP contribution in [0.2, 0.25) is 0 Å². The van der Waals surface area contributed by atoms with E-state index in [1.807, 2.05) is 6.92 Å². The van der Waals surface area contributed by atoms with Gasteiger partial charge in [0.25, 0.3) is 0 Å². The molecule has 0 amide bonds. The van der Waals surface area contributed by atoms with E-state index in [0.29, 0.717) is 6.54 Å². The average molecular weight is 249 g/mol. The highest BCUT2D eigenvalue weighted by Crippen LogP contribution is 2.16. The molecule has 0 bridgehead atoms. The number of benzene rings is 1. The zero-order valence-corrected chi connectivity index (χ0v) is 12.2. The molecule has 2 N–H and O–H groups in total. The molecule has 1 rings (SSSR count). The van der Waals surface area contributed by atoms with Gasteiger partial charge in [0.05, 0.1) is 5.60 Å². The van der Waals surface area contributed by atoms with Crippen molar-refractivity contribution in [2.45, 2.75) is 58.6 Å². The van der Waals surface area contributed by atoms with Crippen molar-refractivity contribution >= 4 is 0 Å². The molecule has 0 fully saturated rings. The second-order valence-electron chi connectivity index (χ2n) is 5.44. The van der Waals surface area contributed by atoms with E-state index in [9.17, 15) is 5.11 Å². The number of nitrogens with one attached hydrogen (secondary N) is 1. The minimum Gasteiger partial charge on any atom is -0.389 e. The third kappa shape index (κ3) is 4.79. The number of rotatable bonds is 7. The fourth-order valence-electron chi connectivity index (χ4n) is 2.16. The summed E-state index contributed by atoms with van der Waals surface area (Å²) >= 11 is 0. The van der Waals surface area contributed by atoms with Crippen LogP contribution in [-0.4, -0.2) is 17.3 Å². The van der Waals surface area contributed by atoms with Crippen LogP contribution in [0.25, 0.3) is 0 Å². The van der Waals surface area contributed by atoms with Crippen LogP contribution in [0.5, 0.6) is 0 Å². The Hall–Kier alpha value is -0.860. The van der Waals surface area contributed by atoms with Gasteiger partial charge in [-0.3, -0.25) is 0 Å². The van der Waals surface area contributed by atoms with Gasteiger partial charge < -0.3 is 10.4 Å². The molecule has 0 saturated carbocycles. The van der Waals surface area contributed by atoms with Crippen molar-refractivity contribution in [3.8, 4) is 0 Å². The highest BCUT2D eigenvalue weighted by atomic mass is 16.3. The molecule has 2 unspecified atom stereocenters. The Morgan fingerprint density at radius 3 is 2.33 bits per heavy atom. The molecular weight excluding hydrogens is 222 g/mol. The summed E-state index contributed by atoms with van der Waals surface area (Å²) in [5.41, 5.74) is 2.04. The first-order chi connectivity index (χ1) is 8.48. The molecule has 0 spiro atoms. The van der Waals surface area contributed by atoms with Crippen LogP contribution in [0.1, 0.15) is 57.7 Å². The molecule has 0 saturated heterocycles. The van der Waals surface area contributed by atoms with E-state index in [2.05, 4.69) is 50.4 Å². The quantitative estimate of drug-likeness (QED) is 0.775. The number of hydrogen-bond donors (Lipinski definition) is 2. The van der Waals surface area contributed by atoms with Gasteiger partial charge in [-0.1, -0.05) is 44.5 Å². The van der Waals surface area contributed by atoms with Gasteiger partial charge in [-0.25, -0.2) is 0 Å². The predicted molar refractivity (Wildman–Crippen MR) is 77.8 cm³/mol. The summed E-state index contributed by atoms with van der Waals surface area (Å²) in [6, 6.07) is 8.98. The van der Waals surface area contributed by atoms with Crippen molar-refractivity contribution < 1.29 is 5.11 Å². The first-order valence-electron chi connectivity index (χ1n) is 7.03. The molecule has 2 nitrogen and oxygen atoms in total. The molecule has 1 aromatic rings. The zero-order chi connectivity index (χ0) is 13.6. The largest absolute Gasteiger partial charge is 0.389 e. The summed E-state index contributed by atoms with van der Waals surface area (Å²) in [6.45, 7) is 8.94. The van der Waals surface area contributed by atoms with Crippen LogP contribution in [0.4, 0.5) is 0 Å². The lowest BCUT2D eigenvalue weighted by Crippen LogP contribution is -2.38. The molecule has 0 radical (unpaired) electrons. The molecule has 102 valence electrons. The van der Waals surface area contributed by atoms with Gasteiger partial charge in [-0.15, -0.1) is 0 Å². The van der Waals surface area contributed by atoms with Crippen molar-refractivity contribution in [2.75, 3.05) is 6.54 Å². The Balaban J connectivity index is 2.51. The SMILES string of the molecule is CCCC(C)(O)CNC(C)c1ccc(CC)cc1. The Morgan fingerprint density at radius 2 is 1.83 bits per heavy atom. The minimum atomic E-state index is -0.605. The first-order valence-corrected chi connectivity index (χ1v) is 7.03. The maximum absolute atomic E-state index is 10.1.